The maximum Gasteiger partial charge on any atom is 0.00506 e. The van der Waals surface area contributed by atoms with E-state index in [1.807, 2.05) is 44.6 Å². The molecule has 0 aromatic carbocycles. The summed E-state index contributed by atoms with van der Waals surface area (Å²) in [4.78, 5) is 0. The molecular weight excluding hydrogens is 276 g/mol. The van der Waals surface area contributed by atoms with Crippen LogP contribution in [0.15, 0.2) is 36.8 Å². The van der Waals surface area contributed by atoms with Gasteiger partial charge in [0, 0.05) is 23.5 Å². The van der Waals surface area contributed by atoms with Gasteiger partial charge in [-0.2, -0.15) is 0 Å². The van der Waals surface area contributed by atoms with Crippen molar-refractivity contribution in [1.82, 2.24) is 0 Å². The Hall–Kier alpha value is -1.18. The summed E-state index contributed by atoms with van der Waals surface area (Å²) in [6, 6.07) is 0. The van der Waals surface area contributed by atoms with Crippen molar-refractivity contribution in [3.05, 3.63) is 56.5 Å². The summed E-state index contributed by atoms with van der Waals surface area (Å²) in [6.45, 7) is 13.0. The largest absolute Gasteiger partial charge is 0.0767 e. The minimum atomic E-state index is 0. The van der Waals surface area contributed by atoms with Crippen LogP contribution < -0.4 is 0 Å². The number of ether oxygens (including phenoxy) is 2. The molecule has 18 heavy (non-hydrogen) atoms. The zero-order chi connectivity index (χ0) is 13.5. The van der Waals surface area contributed by atoms with Crippen LogP contribution in [0.5, 0.6) is 0 Å². The average molecular weight is 291 g/mol. The third-order valence-corrected chi connectivity index (χ3v) is 1.86. The Morgan fingerprint density at radius 2 is 1.11 bits per heavy atom. The van der Waals surface area contributed by atoms with Crippen LogP contribution in [0.3, 0.4) is 0 Å². The number of hydrogen-bond donors (Lipinski definition) is 0. The van der Waals surface area contributed by atoms with E-state index in [0.717, 1.165) is 0 Å². The first-order valence-corrected chi connectivity index (χ1v) is 4.84. The Bertz CT molecular complexity index is 264. The maximum atomic E-state index is 7.50. The number of allylic oxidation sites excluding steroid dienone is 4. The molecule has 0 N–H and O–H groups in total. The third-order valence-electron chi connectivity index (χ3n) is 1.86. The molecule has 0 aromatic heterocycles. The van der Waals surface area contributed by atoms with Crippen molar-refractivity contribution >= 4 is 0 Å². The van der Waals surface area contributed by atoms with Crippen molar-refractivity contribution in [2.45, 2.75) is 26.1 Å². The first-order chi connectivity index (χ1) is 8.30. The van der Waals surface area contributed by atoms with Crippen LogP contribution in [-0.4, -0.2) is 12.2 Å². The molecule has 2 rings (SSSR count). The summed E-state index contributed by atoms with van der Waals surface area (Å²) >= 11 is 0. The van der Waals surface area contributed by atoms with Crippen molar-refractivity contribution in [2.24, 2.45) is 0 Å². The quantitative estimate of drug-likeness (QED) is 0.391. The SMILES string of the molecule is C[C@H]1OC=CO[C@@H]1C.[C-]#[O+].[C-]#[O+].[CH]1C=CC=C1.[Fe]. The normalized spacial score (nSPS) is 21.0. The summed E-state index contributed by atoms with van der Waals surface area (Å²) in [5.41, 5.74) is 0. The van der Waals surface area contributed by atoms with Gasteiger partial charge in [0.1, 0.15) is 24.7 Å². The summed E-state index contributed by atoms with van der Waals surface area (Å²) in [6.07, 6.45) is 13.5. The fourth-order valence-electron chi connectivity index (χ4n) is 0.854. The Morgan fingerprint density at radius 1 is 0.778 bits per heavy atom. The van der Waals surface area contributed by atoms with Gasteiger partial charge < -0.3 is 9.47 Å². The molecule has 4 nitrogen and oxygen atoms in total. The van der Waals surface area contributed by atoms with Crippen LogP contribution in [0, 0.1) is 19.7 Å². The van der Waals surface area contributed by atoms with Crippen molar-refractivity contribution in [3.8, 4) is 0 Å². The van der Waals surface area contributed by atoms with Gasteiger partial charge in [-0.1, -0.05) is 24.3 Å². The Labute approximate surface area is 119 Å². The monoisotopic (exact) mass is 291 g/mol. The van der Waals surface area contributed by atoms with Gasteiger partial charge in [0.25, 0.3) is 0 Å². The molecule has 2 aliphatic rings. The van der Waals surface area contributed by atoms with E-state index in [-0.39, 0.29) is 29.3 Å². The molecule has 0 unspecified atom stereocenters. The molecule has 1 aliphatic heterocycles. The minimum absolute atomic E-state index is 0. The average Bonchev–Trinajstić information content (AvgIpc) is 2.97. The van der Waals surface area contributed by atoms with E-state index in [2.05, 4.69) is 13.3 Å². The fraction of sp³-hybridized carbons (Fsp3) is 0.308. The number of rotatable bonds is 0. The smallest absolute Gasteiger partial charge is 0.00506 e. The number of hydrogen-bond acceptors (Lipinski definition) is 2. The van der Waals surface area contributed by atoms with Crippen molar-refractivity contribution in [3.63, 3.8) is 0 Å². The summed E-state index contributed by atoms with van der Waals surface area (Å²) in [5, 5.41) is 0. The van der Waals surface area contributed by atoms with E-state index < -0.39 is 0 Å². The van der Waals surface area contributed by atoms with E-state index in [1.54, 1.807) is 12.5 Å². The molecule has 0 bridgehead atoms. The Balaban J connectivity index is -0.000000196. The van der Waals surface area contributed by atoms with Gasteiger partial charge in [0.15, 0.2) is 0 Å². The van der Waals surface area contributed by atoms with Crippen LogP contribution in [0.2, 0.25) is 0 Å². The third kappa shape index (κ3) is 12.9. The molecule has 0 amide bonds. The molecule has 0 aromatic rings. The van der Waals surface area contributed by atoms with E-state index in [4.69, 9.17) is 18.8 Å². The Morgan fingerprint density at radius 3 is 1.28 bits per heavy atom. The predicted molar refractivity (Wildman–Crippen MR) is 60.7 cm³/mol. The van der Waals surface area contributed by atoms with Crippen LogP contribution in [0.1, 0.15) is 13.8 Å². The van der Waals surface area contributed by atoms with Gasteiger partial charge in [0.05, 0.1) is 0 Å². The molecule has 2 atom stereocenters. The predicted octanol–water partition coefficient (Wildman–Crippen LogP) is 2.52. The minimum Gasteiger partial charge on any atom is -0.0767 e. The summed E-state index contributed by atoms with van der Waals surface area (Å²) in [5.74, 6) is 0. The molecule has 0 spiro atoms. The maximum absolute atomic E-state index is 7.50. The molecule has 0 saturated heterocycles. The van der Waals surface area contributed by atoms with Crippen molar-refractivity contribution in [2.75, 3.05) is 0 Å². The van der Waals surface area contributed by atoms with E-state index in [9.17, 15) is 0 Å². The van der Waals surface area contributed by atoms with Gasteiger partial charge in [0.2, 0.25) is 0 Å². The first kappa shape index (κ1) is 22.0. The van der Waals surface area contributed by atoms with E-state index in [0.29, 0.717) is 0 Å². The van der Waals surface area contributed by atoms with E-state index >= 15 is 0 Å². The Kier molecular flexibility index (Phi) is 22.3. The fourth-order valence-corrected chi connectivity index (χ4v) is 0.854. The van der Waals surface area contributed by atoms with Gasteiger partial charge in [-0.3, -0.25) is 0 Å². The molecule has 99 valence electrons. The van der Waals surface area contributed by atoms with E-state index in [1.165, 1.54) is 0 Å². The van der Waals surface area contributed by atoms with Gasteiger partial charge in [-0.15, -0.1) is 0 Å². The molecular formula is C13H15FeO4. The molecule has 1 radical (unpaired) electrons. The molecule has 1 aliphatic carbocycles. The second-order valence-electron chi connectivity index (χ2n) is 2.92. The summed E-state index contributed by atoms with van der Waals surface area (Å²) in [7, 11) is 0. The first-order valence-electron chi connectivity index (χ1n) is 4.84. The molecule has 0 fully saturated rings. The standard InChI is InChI=1S/C6H10O2.C5H5.2CO.Fe/c1-5-6(2)8-4-3-7-5;1-2-4-5-3-1;2*1-2;/h3-6H,1-2H3;1-5H;;;/t5-,6-;;;;/m1..../s1. The zero-order valence-electron chi connectivity index (χ0n) is 10.2. The molecule has 5 heteroatoms. The van der Waals surface area contributed by atoms with Gasteiger partial charge >= 0.3 is 22.6 Å². The topological polar surface area (TPSA) is 58.3 Å². The van der Waals surface area contributed by atoms with Crippen LogP contribution in [-0.2, 0) is 35.8 Å². The van der Waals surface area contributed by atoms with Crippen LogP contribution in [0.4, 0.5) is 0 Å². The van der Waals surface area contributed by atoms with Gasteiger partial charge in [-0.05, 0) is 13.8 Å². The van der Waals surface area contributed by atoms with Gasteiger partial charge in [-0.25, -0.2) is 0 Å². The second-order valence-corrected chi connectivity index (χ2v) is 2.92. The van der Waals surface area contributed by atoms with Crippen molar-refractivity contribution in [1.29, 1.82) is 0 Å². The van der Waals surface area contributed by atoms with Crippen LogP contribution >= 0.6 is 0 Å². The summed E-state index contributed by atoms with van der Waals surface area (Å²) < 4.78 is 25.2. The second kappa shape index (κ2) is 18.2. The molecule has 1 heterocycles. The zero-order valence-corrected chi connectivity index (χ0v) is 11.3. The van der Waals surface area contributed by atoms with Crippen LogP contribution in [0.25, 0.3) is 0 Å². The van der Waals surface area contributed by atoms with Crippen molar-refractivity contribution < 1.29 is 35.8 Å². The molecule has 0 saturated carbocycles.